The van der Waals surface area contributed by atoms with Gasteiger partial charge in [-0.2, -0.15) is 0 Å². The second kappa shape index (κ2) is 4.91. The predicted octanol–water partition coefficient (Wildman–Crippen LogP) is 2.36. The third-order valence-electron chi connectivity index (χ3n) is 2.75. The lowest BCUT2D eigenvalue weighted by molar-refractivity contribution is 0.194. The van der Waals surface area contributed by atoms with E-state index in [1.165, 1.54) is 24.8 Å². The first-order valence-electron chi connectivity index (χ1n) is 5.20. The summed E-state index contributed by atoms with van der Waals surface area (Å²) in [5.41, 5.74) is 1.53. The first-order chi connectivity index (χ1) is 6.92. The Labute approximate surface area is 89.3 Å². The van der Waals surface area contributed by atoms with E-state index >= 15 is 0 Å². The molecule has 0 fully saturated rings. The second-order valence-corrected chi connectivity index (χ2v) is 4.69. The van der Waals surface area contributed by atoms with Gasteiger partial charge in [0, 0.05) is 24.6 Å². The van der Waals surface area contributed by atoms with Crippen molar-refractivity contribution in [1.82, 2.24) is 5.32 Å². The quantitative estimate of drug-likeness (QED) is 0.772. The predicted molar refractivity (Wildman–Crippen MR) is 59.9 cm³/mol. The molecular formula is C11H17NOS. The van der Waals surface area contributed by atoms with Gasteiger partial charge in [-0.05, 0) is 36.3 Å². The van der Waals surface area contributed by atoms with Gasteiger partial charge in [0.25, 0.3) is 0 Å². The van der Waals surface area contributed by atoms with Crippen LogP contribution in [0.15, 0.2) is 11.4 Å². The second-order valence-electron chi connectivity index (χ2n) is 3.69. The molecule has 2 rings (SSSR count). The highest BCUT2D eigenvalue weighted by Gasteiger charge is 2.19. The van der Waals surface area contributed by atoms with Crippen molar-refractivity contribution in [1.29, 1.82) is 0 Å². The van der Waals surface area contributed by atoms with Crippen LogP contribution >= 0.6 is 11.3 Å². The molecule has 1 unspecified atom stereocenters. The Morgan fingerprint density at radius 2 is 2.57 bits per heavy atom. The fraction of sp³-hybridized carbons (Fsp3) is 0.636. The number of nitrogens with one attached hydrogen (secondary N) is 1. The summed E-state index contributed by atoms with van der Waals surface area (Å²) in [6.07, 6.45) is 3.86. The Hall–Kier alpha value is -0.380. The summed E-state index contributed by atoms with van der Waals surface area (Å²) in [7, 11) is 1.75. The summed E-state index contributed by atoms with van der Waals surface area (Å²) < 4.78 is 5.04. The van der Waals surface area contributed by atoms with E-state index in [1.54, 1.807) is 12.0 Å². The van der Waals surface area contributed by atoms with Gasteiger partial charge < -0.3 is 10.1 Å². The molecule has 0 amide bonds. The minimum Gasteiger partial charge on any atom is -0.383 e. The molecule has 0 bridgehead atoms. The minimum atomic E-state index is 0.570. The van der Waals surface area contributed by atoms with E-state index in [4.69, 9.17) is 4.74 Å². The molecule has 1 aliphatic carbocycles. The van der Waals surface area contributed by atoms with Crippen LogP contribution in [0.1, 0.15) is 29.3 Å². The molecule has 0 saturated carbocycles. The van der Waals surface area contributed by atoms with Crippen molar-refractivity contribution < 1.29 is 4.74 Å². The lowest BCUT2D eigenvalue weighted by Crippen LogP contribution is -2.27. The zero-order chi connectivity index (χ0) is 9.80. The van der Waals surface area contributed by atoms with Crippen LogP contribution in [0, 0.1) is 0 Å². The van der Waals surface area contributed by atoms with Crippen molar-refractivity contribution in [3.8, 4) is 0 Å². The maximum absolute atomic E-state index is 5.04. The molecule has 1 aromatic rings. The molecule has 0 aliphatic heterocycles. The average Bonchev–Trinajstić information content (AvgIpc) is 2.67. The van der Waals surface area contributed by atoms with Crippen LogP contribution in [-0.2, 0) is 11.2 Å². The highest BCUT2D eigenvalue weighted by atomic mass is 32.1. The first kappa shape index (κ1) is 10.1. The first-order valence-corrected chi connectivity index (χ1v) is 6.08. The molecule has 0 radical (unpaired) electrons. The molecule has 0 spiro atoms. The van der Waals surface area contributed by atoms with Gasteiger partial charge in [0.1, 0.15) is 0 Å². The minimum absolute atomic E-state index is 0.570. The van der Waals surface area contributed by atoms with Crippen molar-refractivity contribution in [3.05, 3.63) is 21.9 Å². The van der Waals surface area contributed by atoms with Crippen molar-refractivity contribution >= 4 is 11.3 Å². The Morgan fingerprint density at radius 3 is 3.43 bits per heavy atom. The Bertz CT molecular complexity index is 285. The molecule has 78 valence electrons. The lowest BCUT2D eigenvalue weighted by atomic mass is 9.94. The molecule has 0 saturated heterocycles. The molecule has 0 aromatic carbocycles. The van der Waals surface area contributed by atoms with Crippen LogP contribution in [0.4, 0.5) is 0 Å². The Balaban J connectivity index is 1.94. The summed E-state index contributed by atoms with van der Waals surface area (Å²) in [6.45, 7) is 1.76. The number of hydrogen-bond acceptors (Lipinski definition) is 3. The largest absolute Gasteiger partial charge is 0.383 e. The van der Waals surface area contributed by atoms with E-state index in [-0.39, 0.29) is 0 Å². The maximum Gasteiger partial charge on any atom is 0.0587 e. The van der Waals surface area contributed by atoms with Gasteiger partial charge in [-0.15, -0.1) is 11.3 Å². The number of fused-ring (bicyclic) bond motifs is 1. The van der Waals surface area contributed by atoms with E-state index in [0.29, 0.717) is 6.04 Å². The number of rotatable bonds is 4. The van der Waals surface area contributed by atoms with E-state index in [2.05, 4.69) is 16.8 Å². The normalized spacial score (nSPS) is 20.8. The third kappa shape index (κ3) is 2.16. The van der Waals surface area contributed by atoms with Gasteiger partial charge >= 0.3 is 0 Å². The summed E-state index contributed by atoms with van der Waals surface area (Å²) in [5.74, 6) is 0. The smallest absolute Gasteiger partial charge is 0.0587 e. The molecule has 14 heavy (non-hydrogen) atoms. The molecular weight excluding hydrogens is 194 g/mol. The van der Waals surface area contributed by atoms with Crippen LogP contribution < -0.4 is 5.32 Å². The van der Waals surface area contributed by atoms with E-state index in [9.17, 15) is 0 Å². The highest BCUT2D eigenvalue weighted by molar-refractivity contribution is 7.10. The van der Waals surface area contributed by atoms with Crippen LogP contribution in [0.3, 0.4) is 0 Å². The van der Waals surface area contributed by atoms with Gasteiger partial charge in [-0.1, -0.05) is 0 Å². The van der Waals surface area contributed by atoms with Gasteiger partial charge in [0.15, 0.2) is 0 Å². The molecule has 3 heteroatoms. The number of ether oxygens (including phenoxy) is 1. The van der Waals surface area contributed by atoms with Gasteiger partial charge in [0.05, 0.1) is 6.61 Å². The third-order valence-corrected chi connectivity index (χ3v) is 3.75. The zero-order valence-corrected chi connectivity index (χ0v) is 9.40. The fourth-order valence-corrected chi connectivity index (χ4v) is 3.02. The number of aryl methyl sites for hydroxylation is 1. The summed E-state index contributed by atoms with van der Waals surface area (Å²) in [6, 6.07) is 2.84. The zero-order valence-electron chi connectivity index (χ0n) is 8.58. The number of hydrogen-bond donors (Lipinski definition) is 1. The van der Waals surface area contributed by atoms with E-state index in [1.807, 2.05) is 11.3 Å². The van der Waals surface area contributed by atoms with Crippen molar-refractivity contribution in [2.45, 2.75) is 25.3 Å². The fourth-order valence-electron chi connectivity index (χ4n) is 2.03. The molecule has 1 atom stereocenters. The topological polar surface area (TPSA) is 21.3 Å². The van der Waals surface area contributed by atoms with Crippen LogP contribution in [0.5, 0.6) is 0 Å². The number of thiophene rings is 1. The Kier molecular flexibility index (Phi) is 3.56. The van der Waals surface area contributed by atoms with Gasteiger partial charge in [0.2, 0.25) is 0 Å². The van der Waals surface area contributed by atoms with E-state index < -0.39 is 0 Å². The highest BCUT2D eigenvalue weighted by Crippen LogP contribution is 2.32. The van der Waals surface area contributed by atoms with Crippen molar-refractivity contribution in [3.63, 3.8) is 0 Å². The molecule has 1 aromatic heterocycles. The van der Waals surface area contributed by atoms with Crippen molar-refractivity contribution in [2.75, 3.05) is 20.3 Å². The summed E-state index contributed by atoms with van der Waals surface area (Å²) >= 11 is 1.90. The Morgan fingerprint density at radius 1 is 1.64 bits per heavy atom. The standard InChI is InChI=1S/C11H17NOS/c1-13-7-6-12-10-3-2-4-11-9(10)5-8-14-11/h5,8,10,12H,2-4,6-7H2,1H3. The van der Waals surface area contributed by atoms with Crippen molar-refractivity contribution in [2.24, 2.45) is 0 Å². The molecule has 1 aliphatic rings. The summed E-state index contributed by atoms with van der Waals surface area (Å²) in [5, 5.41) is 5.76. The van der Waals surface area contributed by atoms with Gasteiger partial charge in [-0.3, -0.25) is 0 Å². The lowest BCUT2D eigenvalue weighted by Gasteiger charge is -2.23. The molecule has 1 N–H and O–H groups in total. The average molecular weight is 211 g/mol. The van der Waals surface area contributed by atoms with Gasteiger partial charge in [-0.25, -0.2) is 0 Å². The molecule has 2 nitrogen and oxygen atoms in total. The van der Waals surface area contributed by atoms with Crippen LogP contribution in [0.2, 0.25) is 0 Å². The van der Waals surface area contributed by atoms with Crippen LogP contribution in [-0.4, -0.2) is 20.3 Å². The van der Waals surface area contributed by atoms with Crippen LogP contribution in [0.25, 0.3) is 0 Å². The molecule has 1 heterocycles. The van der Waals surface area contributed by atoms with E-state index in [0.717, 1.165) is 13.2 Å². The SMILES string of the molecule is COCCNC1CCCc2sccc21. The monoisotopic (exact) mass is 211 g/mol. The number of methoxy groups -OCH3 is 1. The maximum atomic E-state index is 5.04. The summed E-state index contributed by atoms with van der Waals surface area (Å²) in [4.78, 5) is 1.58.